The number of rotatable bonds is 5. The summed E-state index contributed by atoms with van der Waals surface area (Å²) < 4.78 is -0.264. The van der Waals surface area contributed by atoms with Gasteiger partial charge in [-0.1, -0.05) is 0 Å². The molecule has 76 valence electrons. The van der Waals surface area contributed by atoms with Gasteiger partial charge in [0.05, 0.1) is 6.67 Å². The highest BCUT2D eigenvalue weighted by molar-refractivity contribution is 14.1. The van der Waals surface area contributed by atoms with Gasteiger partial charge in [-0.15, -0.1) is 0 Å². The highest BCUT2D eigenvalue weighted by Crippen LogP contribution is 1.92. The van der Waals surface area contributed by atoms with E-state index in [0.717, 1.165) is 0 Å². The van der Waals surface area contributed by atoms with Gasteiger partial charge in [-0.25, -0.2) is 0 Å². The summed E-state index contributed by atoms with van der Waals surface area (Å²) in [5.74, 6) is -0.335. The van der Waals surface area contributed by atoms with Crippen molar-refractivity contribution >= 4 is 32.4 Å². The summed E-state index contributed by atoms with van der Waals surface area (Å²) in [6.45, 7) is 0.0577. The molecule has 0 fully saturated rings. The fraction of sp³-hybridized carbons (Fsp3) is 0.667. The van der Waals surface area contributed by atoms with E-state index in [0.29, 0.717) is 0 Å². The van der Waals surface area contributed by atoms with E-state index in [1.807, 2.05) is 0 Å². The van der Waals surface area contributed by atoms with Crippen LogP contribution in [0.25, 0.3) is 0 Å². The Morgan fingerprint density at radius 2 is 1.92 bits per heavy atom. The average Bonchev–Trinajstić information content (AvgIpc) is 2.00. The van der Waals surface area contributed by atoms with Crippen LogP contribution in [0.3, 0.4) is 0 Å². The molecule has 0 bridgehead atoms. The molecule has 0 aromatic rings. The Morgan fingerprint density at radius 3 is 2.38 bits per heavy atom. The van der Waals surface area contributed by atoms with Crippen molar-refractivity contribution in [2.45, 2.75) is 19.1 Å². The third kappa shape index (κ3) is 9.50. The van der Waals surface area contributed by atoms with E-state index in [1.165, 1.54) is 22.6 Å². The summed E-state index contributed by atoms with van der Waals surface area (Å²) in [5.41, 5.74) is 0. The smallest absolute Gasteiger partial charge is 0.282 e. The standard InChI is InChI=1S/C6H11IN2O4/c7-6(13)9-3-8-4(10)1-2-5(11)12/h5,11-12H,1-3H2,(H,8,10)(H,9,13). The van der Waals surface area contributed by atoms with Gasteiger partial charge in [-0.2, -0.15) is 0 Å². The van der Waals surface area contributed by atoms with Crippen molar-refractivity contribution < 1.29 is 19.8 Å². The van der Waals surface area contributed by atoms with Gasteiger partial charge in [0.2, 0.25) is 5.91 Å². The quantitative estimate of drug-likeness (QED) is 0.233. The fourth-order valence-electron chi connectivity index (χ4n) is 0.561. The van der Waals surface area contributed by atoms with Crippen LogP contribution in [0, 0.1) is 0 Å². The molecule has 0 aliphatic carbocycles. The maximum atomic E-state index is 10.8. The van der Waals surface area contributed by atoms with E-state index in [4.69, 9.17) is 10.2 Å². The lowest BCUT2D eigenvalue weighted by molar-refractivity contribution is -0.123. The monoisotopic (exact) mass is 302 g/mol. The normalized spacial score (nSPS) is 9.85. The lowest BCUT2D eigenvalue weighted by Gasteiger charge is -2.05. The average molecular weight is 302 g/mol. The number of halogens is 1. The third-order valence-corrected chi connectivity index (χ3v) is 1.52. The number of hydrogen-bond acceptors (Lipinski definition) is 4. The van der Waals surface area contributed by atoms with Crippen molar-refractivity contribution in [2.24, 2.45) is 0 Å². The first-order valence-electron chi connectivity index (χ1n) is 3.58. The Morgan fingerprint density at radius 1 is 1.31 bits per heavy atom. The Balaban J connectivity index is 3.35. The first kappa shape index (κ1) is 12.6. The summed E-state index contributed by atoms with van der Waals surface area (Å²) in [6, 6.07) is 0. The van der Waals surface area contributed by atoms with Gasteiger partial charge in [0.25, 0.3) is 3.91 Å². The number of carbonyl (C=O) groups is 2. The molecular weight excluding hydrogens is 291 g/mol. The zero-order chi connectivity index (χ0) is 10.3. The summed E-state index contributed by atoms with van der Waals surface area (Å²) >= 11 is 1.54. The first-order valence-corrected chi connectivity index (χ1v) is 4.66. The molecular formula is C6H11IN2O4. The summed E-state index contributed by atoms with van der Waals surface area (Å²) in [6.07, 6.45) is -1.45. The Bertz CT molecular complexity index is 185. The molecule has 0 rings (SSSR count). The zero-order valence-electron chi connectivity index (χ0n) is 6.79. The highest BCUT2D eigenvalue weighted by Gasteiger charge is 2.04. The lowest BCUT2D eigenvalue weighted by Crippen LogP contribution is -2.35. The summed E-state index contributed by atoms with van der Waals surface area (Å²) in [7, 11) is 0. The largest absolute Gasteiger partial charge is 0.368 e. The Hall–Kier alpha value is -0.410. The molecule has 0 saturated heterocycles. The van der Waals surface area contributed by atoms with Crippen LogP contribution in [0.4, 0.5) is 4.79 Å². The Labute approximate surface area is 88.8 Å². The van der Waals surface area contributed by atoms with Gasteiger partial charge >= 0.3 is 0 Å². The molecule has 0 heterocycles. The minimum Gasteiger partial charge on any atom is -0.368 e. The Kier molecular flexibility index (Phi) is 6.82. The molecule has 0 saturated carbocycles. The molecule has 13 heavy (non-hydrogen) atoms. The molecule has 0 aromatic carbocycles. The van der Waals surface area contributed by atoms with Gasteiger partial charge in [0.1, 0.15) is 0 Å². The second kappa shape index (κ2) is 7.04. The van der Waals surface area contributed by atoms with E-state index >= 15 is 0 Å². The first-order chi connectivity index (χ1) is 6.02. The minimum atomic E-state index is -1.47. The molecule has 7 heteroatoms. The molecule has 4 N–H and O–H groups in total. The van der Waals surface area contributed by atoms with Crippen molar-refractivity contribution in [3.05, 3.63) is 0 Å². The maximum Gasteiger partial charge on any atom is 0.282 e. The van der Waals surface area contributed by atoms with Gasteiger partial charge in [-0.05, 0) is 0 Å². The van der Waals surface area contributed by atoms with E-state index in [1.54, 1.807) is 0 Å². The number of aliphatic hydroxyl groups is 2. The molecule has 6 nitrogen and oxygen atoms in total. The second-order valence-corrected chi connectivity index (χ2v) is 3.23. The number of aliphatic hydroxyl groups excluding tert-OH is 1. The van der Waals surface area contributed by atoms with Crippen molar-refractivity contribution in [1.29, 1.82) is 0 Å². The molecule has 0 unspecified atom stereocenters. The van der Waals surface area contributed by atoms with Gasteiger partial charge in [0, 0.05) is 35.4 Å². The third-order valence-electron chi connectivity index (χ3n) is 1.14. The molecule has 0 aliphatic rings. The van der Waals surface area contributed by atoms with Gasteiger partial charge in [0.15, 0.2) is 6.29 Å². The zero-order valence-corrected chi connectivity index (χ0v) is 8.95. The predicted octanol–water partition coefficient (Wildman–Crippen LogP) is -0.704. The van der Waals surface area contributed by atoms with Crippen LogP contribution in [-0.4, -0.2) is 33.0 Å². The van der Waals surface area contributed by atoms with Crippen molar-refractivity contribution in [2.75, 3.05) is 6.67 Å². The highest BCUT2D eigenvalue weighted by atomic mass is 127. The van der Waals surface area contributed by atoms with Crippen molar-refractivity contribution in [3.8, 4) is 0 Å². The van der Waals surface area contributed by atoms with Crippen LogP contribution in [0.2, 0.25) is 0 Å². The van der Waals surface area contributed by atoms with Crippen molar-refractivity contribution in [1.82, 2.24) is 10.6 Å². The second-order valence-electron chi connectivity index (χ2n) is 2.25. The SMILES string of the molecule is O=C(I)NCNC(=O)CCC(O)O. The van der Waals surface area contributed by atoms with E-state index < -0.39 is 6.29 Å². The number of amides is 2. The van der Waals surface area contributed by atoms with Crippen LogP contribution in [0.5, 0.6) is 0 Å². The fourth-order valence-corrected chi connectivity index (χ4v) is 0.752. The molecule has 0 radical (unpaired) electrons. The van der Waals surface area contributed by atoms with Crippen molar-refractivity contribution in [3.63, 3.8) is 0 Å². The molecule has 0 spiro atoms. The van der Waals surface area contributed by atoms with E-state index in [-0.39, 0.29) is 29.3 Å². The van der Waals surface area contributed by atoms with Crippen LogP contribution < -0.4 is 10.6 Å². The van der Waals surface area contributed by atoms with Crippen LogP contribution in [0.15, 0.2) is 0 Å². The number of nitrogens with one attached hydrogen (secondary N) is 2. The molecule has 0 aliphatic heterocycles. The number of carbonyl (C=O) groups excluding carboxylic acids is 2. The molecule has 2 amide bonds. The number of hydrogen-bond donors (Lipinski definition) is 4. The van der Waals surface area contributed by atoms with Gasteiger partial charge < -0.3 is 20.8 Å². The summed E-state index contributed by atoms with van der Waals surface area (Å²) in [5, 5.41) is 21.6. The molecule has 0 aromatic heterocycles. The summed E-state index contributed by atoms with van der Waals surface area (Å²) in [4.78, 5) is 21.2. The van der Waals surface area contributed by atoms with Crippen LogP contribution >= 0.6 is 22.6 Å². The van der Waals surface area contributed by atoms with Gasteiger partial charge in [-0.3, -0.25) is 9.59 Å². The van der Waals surface area contributed by atoms with E-state index in [9.17, 15) is 9.59 Å². The minimum absolute atomic E-state index is 0.00991. The predicted molar refractivity (Wildman–Crippen MR) is 53.0 cm³/mol. The topological polar surface area (TPSA) is 98.7 Å². The van der Waals surface area contributed by atoms with Crippen LogP contribution in [-0.2, 0) is 4.79 Å². The molecule has 0 atom stereocenters. The van der Waals surface area contributed by atoms with E-state index in [2.05, 4.69) is 10.6 Å². The van der Waals surface area contributed by atoms with Crippen LogP contribution in [0.1, 0.15) is 12.8 Å². The lowest BCUT2D eigenvalue weighted by atomic mass is 10.3. The maximum absolute atomic E-state index is 10.8.